The molecule has 2 aliphatic rings. The first-order valence-corrected chi connectivity index (χ1v) is 7.32. The maximum absolute atomic E-state index is 3.47. The highest BCUT2D eigenvalue weighted by atomic mass is 32.1. The Kier molecular flexibility index (Phi) is 3.27. The largest absolute Gasteiger partial charge is 0.316 e. The lowest BCUT2D eigenvalue weighted by Gasteiger charge is -2.24. The lowest BCUT2D eigenvalue weighted by atomic mass is 10.1. The minimum Gasteiger partial charge on any atom is -0.316 e. The Bertz CT molecular complexity index is 313. The standard InChI is InChI=1S/C13H20N2S/c1-2-13(1)15(8-11-3-5-14-7-11)9-12-4-6-16-10-12/h4,6,10-11,13-14H,1-3,5,7-9H2. The number of thiophene rings is 1. The average Bonchev–Trinajstić information content (AvgIpc) is 2.79. The first kappa shape index (κ1) is 10.8. The zero-order valence-corrected chi connectivity index (χ0v) is 10.5. The van der Waals surface area contributed by atoms with Crippen LogP contribution in [0.1, 0.15) is 24.8 Å². The molecular weight excluding hydrogens is 216 g/mol. The van der Waals surface area contributed by atoms with Crippen LogP contribution in [0.5, 0.6) is 0 Å². The van der Waals surface area contributed by atoms with Crippen LogP contribution in [-0.2, 0) is 6.54 Å². The van der Waals surface area contributed by atoms with Gasteiger partial charge < -0.3 is 5.32 Å². The van der Waals surface area contributed by atoms with Crippen LogP contribution in [0.25, 0.3) is 0 Å². The summed E-state index contributed by atoms with van der Waals surface area (Å²) in [6.07, 6.45) is 4.21. The molecule has 1 N–H and O–H groups in total. The number of rotatable bonds is 5. The zero-order chi connectivity index (χ0) is 10.8. The third-order valence-electron chi connectivity index (χ3n) is 3.68. The Labute approximate surface area is 102 Å². The van der Waals surface area contributed by atoms with Gasteiger partial charge in [-0.3, -0.25) is 4.90 Å². The highest BCUT2D eigenvalue weighted by molar-refractivity contribution is 7.07. The van der Waals surface area contributed by atoms with Crippen LogP contribution in [0.3, 0.4) is 0 Å². The average molecular weight is 236 g/mol. The van der Waals surface area contributed by atoms with Gasteiger partial charge in [0, 0.05) is 19.1 Å². The van der Waals surface area contributed by atoms with Crippen molar-refractivity contribution in [2.45, 2.75) is 31.8 Å². The third-order valence-corrected chi connectivity index (χ3v) is 4.42. The van der Waals surface area contributed by atoms with Crippen LogP contribution in [0, 0.1) is 5.92 Å². The third kappa shape index (κ3) is 2.65. The molecule has 0 bridgehead atoms. The molecule has 1 aliphatic carbocycles. The van der Waals surface area contributed by atoms with E-state index < -0.39 is 0 Å². The minimum absolute atomic E-state index is 0.888. The molecule has 1 unspecified atom stereocenters. The van der Waals surface area contributed by atoms with Crippen molar-refractivity contribution in [1.82, 2.24) is 10.2 Å². The molecule has 1 aromatic rings. The summed E-state index contributed by atoms with van der Waals surface area (Å²) in [4.78, 5) is 2.71. The maximum atomic E-state index is 3.47. The van der Waals surface area contributed by atoms with Crippen LogP contribution in [0.15, 0.2) is 16.8 Å². The van der Waals surface area contributed by atoms with Crippen molar-refractivity contribution < 1.29 is 0 Å². The lowest BCUT2D eigenvalue weighted by molar-refractivity contribution is 0.219. The SMILES string of the molecule is c1cc(CN(CC2CCNC2)C2CC2)cs1. The Morgan fingerprint density at radius 2 is 2.31 bits per heavy atom. The van der Waals surface area contributed by atoms with Crippen LogP contribution in [0.4, 0.5) is 0 Å². The summed E-state index contributed by atoms with van der Waals surface area (Å²) in [6.45, 7) is 4.92. The molecule has 1 aliphatic heterocycles. The quantitative estimate of drug-likeness (QED) is 0.844. The topological polar surface area (TPSA) is 15.3 Å². The van der Waals surface area contributed by atoms with Crippen molar-refractivity contribution in [3.05, 3.63) is 22.4 Å². The molecule has 3 heteroatoms. The van der Waals surface area contributed by atoms with Gasteiger partial charge in [-0.1, -0.05) is 0 Å². The van der Waals surface area contributed by atoms with Gasteiger partial charge in [-0.2, -0.15) is 11.3 Å². The maximum Gasteiger partial charge on any atom is 0.0245 e. The Balaban J connectivity index is 1.57. The fourth-order valence-electron chi connectivity index (χ4n) is 2.60. The normalized spacial score (nSPS) is 25.4. The number of nitrogens with zero attached hydrogens (tertiary/aromatic N) is 1. The molecule has 2 fully saturated rings. The molecule has 88 valence electrons. The fourth-order valence-corrected chi connectivity index (χ4v) is 3.26. The number of hydrogen-bond donors (Lipinski definition) is 1. The van der Waals surface area contributed by atoms with E-state index >= 15 is 0 Å². The summed E-state index contributed by atoms with van der Waals surface area (Å²) in [5.74, 6) is 0.888. The summed E-state index contributed by atoms with van der Waals surface area (Å²) in [6, 6.07) is 3.16. The summed E-state index contributed by atoms with van der Waals surface area (Å²) in [5.41, 5.74) is 1.50. The predicted octanol–water partition coefficient (Wildman–Crippen LogP) is 2.32. The molecule has 3 rings (SSSR count). The molecule has 0 aromatic carbocycles. The van der Waals surface area contributed by atoms with Crippen molar-refractivity contribution in [2.24, 2.45) is 5.92 Å². The van der Waals surface area contributed by atoms with Crippen LogP contribution >= 0.6 is 11.3 Å². The van der Waals surface area contributed by atoms with E-state index in [1.165, 1.54) is 51.0 Å². The van der Waals surface area contributed by atoms with Crippen molar-refractivity contribution in [1.29, 1.82) is 0 Å². The first-order chi connectivity index (χ1) is 7.92. The van der Waals surface area contributed by atoms with Gasteiger partial charge in [0.2, 0.25) is 0 Å². The number of nitrogens with one attached hydrogen (secondary N) is 1. The molecule has 16 heavy (non-hydrogen) atoms. The smallest absolute Gasteiger partial charge is 0.0245 e. The van der Waals surface area contributed by atoms with E-state index in [1.807, 2.05) is 11.3 Å². The molecule has 0 radical (unpaired) electrons. The molecular formula is C13H20N2S. The predicted molar refractivity (Wildman–Crippen MR) is 68.7 cm³/mol. The summed E-state index contributed by atoms with van der Waals surface area (Å²) < 4.78 is 0. The molecule has 1 saturated heterocycles. The van der Waals surface area contributed by atoms with Crippen LogP contribution < -0.4 is 5.32 Å². The molecule has 2 nitrogen and oxygen atoms in total. The van der Waals surface area contributed by atoms with Gasteiger partial charge in [-0.15, -0.1) is 0 Å². The lowest BCUT2D eigenvalue weighted by Crippen LogP contribution is -2.31. The van der Waals surface area contributed by atoms with E-state index in [0.29, 0.717) is 0 Å². The van der Waals surface area contributed by atoms with E-state index in [-0.39, 0.29) is 0 Å². The van der Waals surface area contributed by atoms with E-state index in [4.69, 9.17) is 0 Å². The van der Waals surface area contributed by atoms with Crippen LogP contribution in [0.2, 0.25) is 0 Å². The molecule has 1 saturated carbocycles. The Morgan fingerprint density at radius 1 is 1.38 bits per heavy atom. The second-order valence-corrected chi connectivity index (χ2v) is 5.93. The number of hydrogen-bond acceptors (Lipinski definition) is 3. The second-order valence-electron chi connectivity index (χ2n) is 5.15. The van der Waals surface area contributed by atoms with Crippen molar-refractivity contribution >= 4 is 11.3 Å². The van der Waals surface area contributed by atoms with Crippen molar-refractivity contribution in [2.75, 3.05) is 19.6 Å². The van der Waals surface area contributed by atoms with E-state index in [2.05, 4.69) is 27.0 Å². The fraction of sp³-hybridized carbons (Fsp3) is 0.692. The molecule has 2 heterocycles. The van der Waals surface area contributed by atoms with Crippen molar-refractivity contribution in [3.8, 4) is 0 Å². The Morgan fingerprint density at radius 3 is 2.94 bits per heavy atom. The first-order valence-electron chi connectivity index (χ1n) is 6.37. The molecule has 1 atom stereocenters. The summed E-state index contributed by atoms with van der Waals surface area (Å²) >= 11 is 1.82. The van der Waals surface area contributed by atoms with Gasteiger partial charge in [0.15, 0.2) is 0 Å². The molecule has 0 amide bonds. The second kappa shape index (κ2) is 4.86. The van der Waals surface area contributed by atoms with Gasteiger partial charge in [0.05, 0.1) is 0 Å². The zero-order valence-electron chi connectivity index (χ0n) is 9.69. The summed E-state index contributed by atoms with van der Waals surface area (Å²) in [7, 11) is 0. The Hall–Kier alpha value is -0.380. The minimum atomic E-state index is 0.888. The van der Waals surface area contributed by atoms with Gasteiger partial charge in [0.25, 0.3) is 0 Å². The van der Waals surface area contributed by atoms with Crippen molar-refractivity contribution in [3.63, 3.8) is 0 Å². The van der Waals surface area contributed by atoms with Gasteiger partial charge in [0.1, 0.15) is 0 Å². The van der Waals surface area contributed by atoms with E-state index in [9.17, 15) is 0 Å². The highest BCUT2D eigenvalue weighted by Crippen LogP contribution is 2.30. The van der Waals surface area contributed by atoms with Gasteiger partial charge in [-0.25, -0.2) is 0 Å². The van der Waals surface area contributed by atoms with Crippen LogP contribution in [-0.4, -0.2) is 30.6 Å². The van der Waals surface area contributed by atoms with Gasteiger partial charge >= 0.3 is 0 Å². The highest BCUT2D eigenvalue weighted by Gasteiger charge is 2.31. The van der Waals surface area contributed by atoms with E-state index in [0.717, 1.165) is 12.0 Å². The molecule has 0 spiro atoms. The van der Waals surface area contributed by atoms with Gasteiger partial charge in [-0.05, 0) is 60.7 Å². The monoisotopic (exact) mass is 236 g/mol. The van der Waals surface area contributed by atoms with E-state index in [1.54, 1.807) is 0 Å². The molecule has 1 aromatic heterocycles. The summed E-state index contributed by atoms with van der Waals surface area (Å²) in [5, 5.41) is 7.96.